The smallest absolute Gasteiger partial charge is 0.240 e. The maximum atomic E-state index is 11.9. The minimum atomic E-state index is -0.387. The summed E-state index contributed by atoms with van der Waals surface area (Å²) in [5, 5.41) is 18.5. The highest BCUT2D eigenvalue weighted by Gasteiger charge is 2.08. The lowest BCUT2D eigenvalue weighted by Crippen LogP contribution is -2.20. The van der Waals surface area contributed by atoms with Gasteiger partial charge in [0.1, 0.15) is 5.75 Å². The summed E-state index contributed by atoms with van der Waals surface area (Å²) >= 11 is 3.33. The Balaban J connectivity index is 1.52. The summed E-state index contributed by atoms with van der Waals surface area (Å²) in [4.78, 5) is 23.8. The molecule has 142 valence electrons. The van der Waals surface area contributed by atoms with Crippen molar-refractivity contribution in [1.82, 2.24) is 5.43 Å². The Bertz CT molecular complexity index is 1030. The molecule has 0 saturated heterocycles. The van der Waals surface area contributed by atoms with E-state index in [1.165, 1.54) is 6.21 Å². The molecule has 0 radical (unpaired) electrons. The van der Waals surface area contributed by atoms with Gasteiger partial charge in [0.25, 0.3) is 0 Å². The number of hydrogen-bond acceptors (Lipinski definition) is 4. The normalized spacial score (nSPS) is 10.9. The summed E-state index contributed by atoms with van der Waals surface area (Å²) in [7, 11) is 0. The molecule has 7 heteroatoms. The Morgan fingerprint density at radius 3 is 2.46 bits per heavy atom. The number of hydrogen-bond donors (Lipinski definition) is 3. The van der Waals surface area contributed by atoms with E-state index in [1.807, 2.05) is 42.5 Å². The van der Waals surface area contributed by atoms with Gasteiger partial charge in [-0.3, -0.25) is 9.59 Å². The van der Waals surface area contributed by atoms with Gasteiger partial charge < -0.3 is 10.4 Å². The van der Waals surface area contributed by atoms with Crippen molar-refractivity contribution in [3.63, 3.8) is 0 Å². The van der Waals surface area contributed by atoms with E-state index in [4.69, 9.17) is 0 Å². The number of amides is 2. The van der Waals surface area contributed by atoms with Crippen molar-refractivity contribution in [3.05, 3.63) is 70.7 Å². The van der Waals surface area contributed by atoms with Gasteiger partial charge in [-0.1, -0.05) is 46.3 Å². The topological polar surface area (TPSA) is 90.8 Å². The van der Waals surface area contributed by atoms with Crippen LogP contribution in [0.4, 0.5) is 5.69 Å². The van der Waals surface area contributed by atoms with E-state index in [2.05, 4.69) is 31.8 Å². The van der Waals surface area contributed by atoms with Crippen LogP contribution in [0.2, 0.25) is 0 Å². The summed E-state index contributed by atoms with van der Waals surface area (Å²) in [5.74, 6) is -0.569. The Labute approximate surface area is 170 Å². The molecule has 0 aromatic heterocycles. The van der Waals surface area contributed by atoms with Crippen LogP contribution in [0, 0.1) is 0 Å². The average Bonchev–Trinajstić information content (AvgIpc) is 2.70. The average molecular weight is 440 g/mol. The number of aromatic hydroxyl groups is 1. The summed E-state index contributed by atoms with van der Waals surface area (Å²) in [6, 6.07) is 18.1. The number of phenols is 1. The lowest BCUT2D eigenvalue weighted by Gasteiger charge is -2.06. The first-order chi connectivity index (χ1) is 13.5. The molecule has 0 saturated carbocycles. The summed E-state index contributed by atoms with van der Waals surface area (Å²) in [6.07, 6.45) is 1.44. The van der Waals surface area contributed by atoms with Crippen molar-refractivity contribution >= 4 is 50.4 Å². The number of phenolic OH excluding ortho intramolecular Hbond substituents is 1. The number of rotatable bonds is 6. The van der Waals surface area contributed by atoms with Gasteiger partial charge in [-0.2, -0.15) is 5.10 Å². The van der Waals surface area contributed by atoms with Gasteiger partial charge in [0.15, 0.2) is 0 Å². The van der Waals surface area contributed by atoms with Crippen molar-refractivity contribution in [3.8, 4) is 5.75 Å². The third-order valence-corrected chi connectivity index (χ3v) is 4.57. The van der Waals surface area contributed by atoms with Gasteiger partial charge >= 0.3 is 0 Å². The number of halogens is 1. The molecule has 2 amide bonds. The Hall–Kier alpha value is -3.19. The van der Waals surface area contributed by atoms with E-state index in [1.54, 1.807) is 18.2 Å². The number of fused-ring (bicyclic) bond motifs is 1. The lowest BCUT2D eigenvalue weighted by atomic mass is 10.0. The Morgan fingerprint density at radius 1 is 0.964 bits per heavy atom. The molecule has 0 aliphatic heterocycles. The molecule has 0 spiro atoms. The first kappa shape index (κ1) is 19.6. The van der Waals surface area contributed by atoms with Crippen molar-refractivity contribution in [2.24, 2.45) is 5.10 Å². The highest BCUT2D eigenvalue weighted by atomic mass is 79.9. The van der Waals surface area contributed by atoms with E-state index in [9.17, 15) is 14.7 Å². The molecule has 3 aromatic rings. The zero-order chi connectivity index (χ0) is 19.9. The fourth-order valence-corrected chi connectivity index (χ4v) is 2.89. The van der Waals surface area contributed by atoms with Gasteiger partial charge in [-0.25, -0.2) is 5.43 Å². The van der Waals surface area contributed by atoms with Crippen molar-refractivity contribution in [1.29, 1.82) is 0 Å². The summed E-state index contributed by atoms with van der Waals surface area (Å²) < 4.78 is 0.917. The molecule has 3 aromatic carbocycles. The fraction of sp³-hybridized carbons (Fsp3) is 0.0952. The number of nitrogens with zero attached hydrogens (tertiary/aromatic N) is 1. The SMILES string of the molecule is O=C(CCC(=O)Nc1ccc(Br)cc1)N/N=C\c1c(O)ccc2ccccc12. The monoisotopic (exact) mass is 439 g/mol. The van der Waals surface area contributed by atoms with Crippen molar-refractivity contribution in [2.75, 3.05) is 5.32 Å². The first-order valence-corrected chi connectivity index (χ1v) is 9.40. The first-order valence-electron chi connectivity index (χ1n) is 8.61. The minimum absolute atomic E-state index is 0.00121. The van der Waals surface area contributed by atoms with Crippen molar-refractivity contribution in [2.45, 2.75) is 12.8 Å². The maximum absolute atomic E-state index is 11.9. The predicted octanol–water partition coefficient (Wildman–Crippen LogP) is 4.18. The van der Waals surface area contributed by atoms with Gasteiger partial charge in [-0.15, -0.1) is 0 Å². The zero-order valence-electron chi connectivity index (χ0n) is 14.9. The quantitative estimate of drug-likeness (QED) is 0.397. The second-order valence-corrected chi connectivity index (χ2v) is 6.98. The molecule has 28 heavy (non-hydrogen) atoms. The number of hydrazone groups is 1. The molecular weight excluding hydrogens is 422 g/mol. The van der Waals surface area contributed by atoms with Crippen LogP contribution in [0.1, 0.15) is 18.4 Å². The largest absolute Gasteiger partial charge is 0.507 e. The van der Waals surface area contributed by atoms with Gasteiger partial charge in [0, 0.05) is 28.6 Å². The van der Waals surface area contributed by atoms with E-state index in [-0.39, 0.29) is 30.4 Å². The predicted molar refractivity (Wildman–Crippen MR) is 113 cm³/mol. The third kappa shape index (κ3) is 5.17. The third-order valence-electron chi connectivity index (χ3n) is 4.04. The van der Waals surface area contributed by atoms with Crippen LogP contribution in [0.25, 0.3) is 10.8 Å². The van der Waals surface area contributed by atoms with Gasteiger partial charge in [0.05, 0.1) is 6.21 Å². The molecule has 0 heterocycles. The lowest BCUT2D eigenvalue weighted by molar-refractivity contribution is -0.124. The second-order valence-electron chi connectivity index (χ2n) is 6.07. The zero-order valence-corrected chi connectivity index (χ0v) is 16.4. The van der Waals surface area contributed by atoms with Crippen molar-refractivity contribution < 1.29 is 14.7 Å². The summed E-state index contributed by atoms with van der Waals surface area (Å²) in [6.45, 7) is 0. The molecule has 6 nitrogen and oxygen atoms in total. The van der Waals surface area contributed by atoms with E-state index >= 15 is 0 Å². The number of anilines is 1. The molecule has 3 rings (SSSR count). The fourth-order valence-electron chi connectivity index (χ4n) is 2.63. The second kappa shape index (κ2) is 9.14. The van der Waals surface area contributed by atoms with Crippen LogP contribution in [0.5, 0.6) is 5.75 Å². The number of carbonyl (C=O) groups is 2. The van der Waals surface area contributed by atoms with Crippen LogP contribution >= 0.6 is 15.9 Å². The van der Waals surface area contributed by atoms with Crippen LogP contribution in [-0.4, -0.2) is 23.1 Å². The highest BCUT2D eigenvalue weighted by molar-refractivity contribution is 9.10. The van der Waals surface area contributed by atoms with E-state index in [0.29, 0.717) is 11.3 Å². The summed E-state index contributed by atoms with van der Waals surface area (Å²) in [5.41, 5.74) is 3.57. The van der Waals surface area contributed by atoms with Crippen LogP contribution in [0.15, 0.2) is 70.2 Å². The number of carbonyl (C=O) groups excluding carboxylic acids is 2. The molecule has 0 unspecified atom stereocenters. The highest BCUT2D eigenvalue weighted by Crippen LogP contribution is 2.25. The standard InChI is InChI=1S/C21H18BrN3O3/c22-15-6-8-16(9-7-15)24-20(27)11-12-21(28)25-23-13-18-17-4-2-1-3-14(17)5-10-19(18)26/h1-10,13,26H,11-12H2,(H,24,27)(H,25,28)/b23-13-. The Morgan fingerprint density at radius 2 is 1.68 bits per heavy atom. The Kier molecular flexibility index (Phi) is 6.39. The van der Waals surface area contributed by atoms with E-state index < -0.39 is 0 Å². The molecule has 0 bridgehead atoms. The minimum Gasteiger partial charge on any atom is -0.507 e. The molecule has 0 fully saturated rings. The maximum Gasteiger partial charge on any atom is 0.240 e. The van der Waals surface area contributed by atoms with Gasteiger partial charge in [-0.05, 0) is 41.1 Å². The van der Waals surface area contributed by atoms with E-state index in [0.717, 1.165) is 15.2 Å². The molecular formula is C21H18BrN3O3. The van der Waals surface area contributed by atoms with Crippen LogP contribution in [-0.2, 0) is 9.59 Å². The van der Waals surface area contributed by atoms with Crippen LogP contribution in [0.3, 0.4) is 0 Å². The molecule has 0 atom stereocenters. The number of nitrogens with one attached hydrogen (secondary N) is 2. The number of benzene rings is 3. The van der Waals surface area contributed by atoms with Gasteiger partial charge in [0.2, 0.25) is 11.8 Å². The molecule has 0 aliphatic rings. The molecule has 3 N–H and O–H groups in total. The molecule has 0 aliphatic carbocycles. The van der Waals surface area contributed by atoms with Crippen LogP contribution < -0.4 is 10.7 Å².